The van der Waals surface area contributed by atoms with E-state index >= 15 is 0 Å². The second-order valence-electron chi connectivity index (χ2n) is 5.82. The Hall–Kier alpha value is -2.56. The highest BCUT2D eigenvalue weighted by Crippen LogP contribution is 2.17. The number of methoxy groups -OCH3 is 1. The van der Waals surface area contributed by atoms with E-state index in [2.05, 4.69) is 36.0 Å². The highest BCUT2D eigenvalue weighted by Gasteiger charge is 2.10. The van der Waals surface area contributed by atoms with E-state index in [-0.39, 0.29) is 5.91 Å². The summed E-state index contributed by atoms with van der Waals surface area (Å²) in [5, 5.41) is 2.92. The number of nitrogens with zero attached hydrogens (tertiary/aromatic N) is 2. The lowest BCUT2D eigenvalue weighted by atomic mass is 10.1. The predicted octanol–water partition coefficient (Wildman–Crippen LogP) is 3.25. The number of hydrogen-bond donors (Lipinski definition) is 1. The molecule has 24 heavy (non-hydrogen) atoms. The summed E-state index contributed by atoms with van der Waals surface area (Å²) in [6, 6.07) is 11.8. The van der Waals surface area contributed by atoms with Crippen molar-refractivity contribution in [3.8, 4) is 5.88 Å². The fourth-order valence-electron chi connectivity index (χ4n) is 2.61. The first kappa shape index (κ1) is 17.8. The minimum Gasteiger partial charge on any atom is -0.481 e. The van der Waals surface area contributed by atoms with Crippen LogP contribution in [0.2, 0.25) is 0 Å². The van der Waals surface area contributed by atoms with Crippen LogP contribution < -0.4 is 15.0 Å². The number of carbonyl (C=O) groups is 1. The van der Waals surface area contributed by atoms with Gasteiger partial charge in [0.25, 0.3) is 5.91 Å². The molecular weight excluding hydrogens is 302 g/mol. The van der Waals surface area contributed by atoms with Crippen molar-refractivity contribution < 1.29 is 9.53 Å². The van der Waals surface area contributed by atoms with E-state index in [1.54, 1.807) is 13.3 Å². The highest BCUT2D eigenvalue weighted by atomic mass is 16.5. The molecule has 5 nitrogen and oxygen atoms in total. The average molecular weight is 327 g/mol. The van der Waals surface area contributed by atoms with Crippen molar-refractivity contribution in [2.24, 2.45) is 0 Å². The Bertz CT molecular complexity index is 669. The number of anilines is 1. The smallest absolute Gasteiger partial charge is 0.251 e. The van der Waals surface area contributed by atoms with Gasteiger partial charge >= 0.3 is 0 Å². The van der Waals surface area contributed by atoms with E-state index in [0.717, 1.165) is 17.8 Å². The fourth-order valence-corrected chi connectivity index (χ4v) is 2.61. The van der Waals surface area contributed by atoms with E-state index in [0.29, 0.717) is 24.0 Å². The third-order valence-corrected chi connectivity index (χ3v) is 3.89. The van der Waals surface area contributed by atoms with Gasteiger partial charge < -0.3 is 15.0 Å². The largest absolute Gasteiger partial charge is 0.481 e. The number of hydrogen-bond acceptors (Lipinski definition) is 4. The summed E-state index contributed by atoms with van der Waals surface area (Å²) in [4.78, 5) is 18.6. The van der Waals surface area contributed by atoms with Crippen LogP contribution in [0.15, 0.2) is 42.6 Å². The molecule has 1 amide bonds. The van der Waals surface area contributed by atoms with Gasteiger partial charge in [0.05, 0.1) is 7.11 Å². The van der Waals surface area contributed by atoms with Crippen LogP contribution in [0.3, 0.4) is 0 Å². The molecule has 5 heteroatoms. The monoisotopic (exact) mass is 327 g/mol. The molecule has 0 aliphatic rings. The molecule has 0 atom stereocenters. The van der Waals surface area contributed by atoms with Crippen LogP contribution in [0.4, 0.5) is 5.69 Å². The Kier molecular flexibility index (Phi) is 6.18. The Labute approximate surface area is 143 Å². The van der Waals surface area contributed by atoms with Crippen LogP contribution in [0.25, 0.3) is 0 Å². The molecule has 0 aliphatic heterocycles. The minimum absolute atomic E-state index is 0.0927. The number of benzene rings is 1. The molecule has 2 rings (SSSR count). The molecule has 0 saturated carbocycles. The molecule has 0 bridgehead atoms. The first-order valence-corrected chi connectivity index (χ1v) is 8.19. The van der Waals surface area contributed by atoms with Crippen molar-refractivity contribution in [3.63, 3.8) is 0 Å². The van der Waals surface area contributed by atoms with Crippen LogP contribution >= 0.6 is 0 Å². The van der Waals surface area contributed by atoms with Gasteiger partial charge in [-0.05, 0) is 56.7 Å². The SMILES string of the molecule is CCN(c1ccc(C(=O)NCc2ccnc(OC)c2)cc1)C(C)C. The molecule has 0 unspecified atom stereocenters. The summed E-state index contributed by atoms with van der Waals surface area (Å²) in [6.07, 6.45) is 1.67. The van der Waals surface area contributed by atoms with Gasteiger partial charge in [-0.25, -0.2) is 4.98 Å². The van der Waals surface area contributed by atoms with Crippen molar-refractivity contribution in [3.05, 3.63) is 53.7 Å². The third-order valence-electron chi connectivity index (χ3n) is 3.89. The number of nitrogens with one attached hydrogen (secondary N) is 1. The van der Waals surface area contributed by atoms with Crippen LogP contribution in [0, 0.1) is 0 Å². The van der Waals surface area contributed by atoms with E-state index in [9.17, 15) is 4.79 Å². The van der Waals surface area contributed by atoms with Gasteiger partial charge in [-0.3, -0.25) is 4.79 Å². The van der Waals surface area contributed by atoms with Crippen LogP contribution in [-0.2, 0) is 6.54 Å². The summed E-state index contributed by atoms with van der Waals surface area (Å²) >= 11 is 0. The number of aromatic nitrogens is 1. The number of amides is 1. The van der Waals surface area contributed by atoms with E-state index in [1.165, 1.54) is 0 Å². The molecular formula is C19H25N3O2. The normalized spacial score (nSPS) is 10.5. The molecule has 0 radical (unpaired) electrons. The molecule has 0 aliphatic carbocycles. The summed E-state index contributed by atoms with van der Waals surface area (Å²) in [7, 11) is 1.57. The maximum absolute atomic E-state index is 12.3. The van der Waals surface area contributed by atoms with Crippen molar-refractivity contribution in [1.29, 1.82) is 0 Å². The Morgan fingerprint density at radius 1 is 1.25 bits per heavy atom. The summed E-state index contributed by atoms with van der Waals surface area (Å²) < 4.78 is 5.08. The standard InChI is InChI=1S/C19H25N3O2/c1-5-22(14(2)3)17-8-6-16(7-9-17)19(23)21-13-15-10-11-20-18(12-15)24-4/h6-12,14H,5,13H2,1-4H3,(H,21,23). The van der Waals surface area contributed by atoms with E-state index in [4.69, 9.17) is 4.74 Å². The van der Waals surface area contributed by atoms with Crippen LogP contribution in [0.1, 0.15) is 36.7 Å². The molecule has 1 aromatic heterocycles. The van der Waals surface area contributed by atoms with Gasteiger partial charge in [-0.2, -0.15) is 0 Å². The summed E-state index contributed by atoms with van der Waals surface area (Å²) in [5.74, 6) is 0.448. The van der Waals surface area contributed by atoms with Gasteiger partial charge in [0.2, 0.25) is 5.88 Å². The molecule has 0 saturated heterocycles. The molecule has 0 spiro atoms. The maximum Gasteiger partial charge on any atom is 0.251 e. The Balaban J connectivity index is 1.99. The molecule has 1 N–H and O–H groups in total. The molecule has 0 fully saturated rings. The Morgan fingerprint density at radius 2 is 1.96 bits per heavy atom. The topological polar surface area (TPSA) is 54.5 Å². The number of carbonyl (C=O) groups excluding carboxylic acids is 1. The van der Waals surface area contributed by atoms with Crippen molar-refractivity contribution in [2.75, 3.05) is 18.6 Å². The molecule has 1 aromatic carbocycles. The second kappa shape index (κ2) is 8.34. The lowest BCUT2D eigenvalue weighted by molar-refractivity contribution is 0.0951. The molecule has 2 aromatic rings. The zero-order chi connectivity index (χ0) is 17.5. The van der Waals surface area contributed by atoms with Crippen molar-refractivity contribution >= 4 is 11.6 Å². The van der Waals surface area contributed by atoms with Gasteiger partial charge in [-0.15, -0.1) is 0 Å². The quantitative estimate of drug-likeness (QED) is 0.848. The summed E-state index contributed by atoms with van der Waals surface area (Å²) in [6.45, 7) is 7.82. The van der Waals surface area contributed by atoms with Crippen LogP contribution in [0.5, 0.6) is 5.88 Å². The lowest BCUT2D eigenvalue weighted by Gasteiger charge is -2.27. The molecule has 128 valence electrons. The highest BCUT2D eigenvalue weighted by molar-refractivity contribution is 5.94. The zero-order valence-electron chi connectivity index (χ0n) is 14.7. The predicted molar refractivity (Wildman–Crippen MR) is 96.6 cm³/mol. The van der Waals surface area contributed by atoms with Gasteiger partial charge in [0.1, 0.15) is 0 Å². The van der Waals surface area contributed by atoms with E-state index < -0.39 is 0 Å². The van der Waals surface area contributed by atoms with Crippen molar-refractivity contribution in [2.45, 2.75) is 33.4 Å². The maximum atomic E-state index is 12.3. The van der Waals surface area contributed by atoms with E-state index in [1.807, 2.05) is 36.4 Å². The third kappa shape index (κ3) is 4.47. The molecule has 1 heterocycles. The minimum atomic E-state index is -0.0927. The average Bonchev–Trinajstić information content (AvgIpc) is 2.60. The number of pyridine rings is 1. The van der Waals surface area contributed by atoms with Gasteiger partial charge in [0, 0.05) is 42.6 Å². The second-order valence-corrected chi connectivity index (χ2v) is 5.82. The number of rotatable bonds is 7. The van der Waals surface area contributed by atoms with Crippen molar-refractivity contribution in [1.82, 2.24) is 10.3 Å². The lowest BCUT2D eigenvalue weighted by Crippen LogP contribution is -2.30. The Morgan fingerprint density at radius 3 is 2.54 bits per heavy atom. The summed E-state index contributed by atoms with van der Waals surface area (Å²) in [5.41, 5.74) is 2.73. The van der Waals surface area contributed by atoms with Gasteiger partial charge in [0.15, 0.2) is 0 Å². The van der Waals surface area contributed by atoms with Crippen LogP contribution in [-0.4, -0.2) is 30.6 Å². The fraction of sp³-hybridized carbons (Fsp3) is 0.368. The van der Waals surface area contributed by atoms with Gasteiger partial charge in [-0.1, -0.05) is 0 Å². The zero-order valence-corrected chi connectivity index (χ0v) is 14.7. The number of ether oxygens (including phenoxy) is 1. The first-order valence-electron chi connectivity index (χ1n) is 8.19. The first-order chi connectivity index (χ1) is 11.5.